The Labute approximate surface area is 290 Å². The summed E-state index contributed by atoms with van der Waals surface area (Å²) >= 11 is 0. The Morgan fingerprint density at radius 3 is 2.23 bits per heavy atom. The number of nitrogens with zero attached hydrogens (tertiary/aromatic N) is 1. The van der Waals surface area contributed by atoms with Gasteiger partial charge in [0.1, 0.15) is 12.4 Å². The van der Waals surface area contributed by atoms with Crippen molar-refractivity contribution in [1.82, 2.24) is 10.2 Å². The molecule has 8 nitrogen and oxygen atoms in total. The van der Waals surface area contributed by atoms with Crippen molar-refractivity contribution in [2.75, 3.05) is 27.2 Å². The number of fused-ring (bicyclic) bond motifs is 7. The highest BCUT2D eigenvalue weighted by Gasteiger charge is 2.63. The molecule has 8 heteroatoms. The number of allylic oxidation sites excluding steroid dienone is 1. The number of carbonyl (C=O) groups excluding carboxylic acids is 4. The Bertz CT molecular complexity index is 1220. The fourth-order valence-electron chi connectivity index (χ4n) is 11.7. The van der Waals surface area contributed by atoms with Crippen LogP contribution in [0.25, 0.3) is 0 Å². The van der Waals surface area contributed by atoms with Crippen LogP contribution >= 0.6 is 0 Å². The zero-order valence-electron chi connectivity index (χ0n) is 31.5. The molecule has 6 aliphatic rings. The lowest BCUT2D eigenvalue weighted by atomic mass is 9.41. The van der Waals surface area contributed by atoms with Crippen LogP contribution < -0.4 is 5.32 Å². The molecule has 0 spiro atoms. The number of aliphatic hydroxyl groups excluding tert-OH is 1. The molecule has 0 bridgehead atoms. The number of rotatable bonds is 7. The van der Waals surface area contributed by atoms with Gasteiger partial charge < -0.3 is 24.9 Å². The number of nitrogens with one attached hydrogen (secondary N) is 1. The molecule has 0 aromatic heterocycles. The summed E-state index contributed by atoms with van der Waals surface area (Å²) in [6, 6.07) is 0. The third-order valence-electron chi connectivity index (χ3n) is 13.8. The van der Waals surface area contributed by atoms with Crippen molar-refractivity contribution in [3.8, 4) is 0 Å². The standard InChI is InChI=1S/C34H51NO5.C5H11N.CH4O/c1-20(2)29-25(38)16-34(35-19-37)15-12-21-22-9-11-26-32(5,6)27(40-28(39)17-31(3,4)18-36)13-14-33(26,7)24(22)10-8-23(21)30(29)34;1-6-4-2-3-5-6;1-2/h18-24,26-27H,8-17H2,1-7H3,(H,35,37);2-5H2,1H3;2H,1H3. The molecule has 272 valence electrons. The summed E-state index contributed by atoms with van der Waals surface area (Å²) in [6.07, 6.45) is 13.4. The van der Waals surface area contributed by atoms with Crippen LogP contribution in [0.4, 0.5) is 0 Å². The van der Waals surface area contributed by atoms with Gasteiger partial charge in [0, 0.05) is 24.4 Å². The lowest BCUT2D eigenvalue weighted by Gasteiger charge is -2.65. The Hall–Kier alpha value is -2.06. The van der Waals surface area contributed by atoms with E-state index in [1.807, 2.05) is 0 Å². The molecular weight excluding hydrogens is 604 g/mol. The number of ether oxygens (including phenoxy) is 1. The third kappa shape index (κ3) is 7.22. The second kappa shape index (κ2) is 15.0. The second-order valence-corrected chi connectivity index (χ2v) is 17.9. The van der Waals surface area contributed by atoms with Gasteiger partial charge in [-0.3, -0.25) is 14.4 Å². The number of Topliss-reactive ketones (excluding diaryl/α,β-unsaturated/α-hetero) is 1. The van der Waals surface area contributed by atoms with Crippen LogP contribution in [0.15, 0.2) is 11.1 Å². The van der Waals surface area contributed by atoms with Gasteiger partial charge >= 0.3 is 5.97 Å². The Morgan fingerprint density at radius 2 is 1.67 bits per heavy atom. The molecule has 8 unspecified atom stereocenters. The van der Waals surface area contributed by atoms with Crippen LogP contribution in [0.2, 0.25) is 0 Å². The quantitative estimate of drug-likeness (QED) is 0.234. The summed E-state index contributed by atoms with van der Waals surface area (Å²) in [7, 11) is 3.17. The van der Waals surface area contributed by atoms with Crippen LogP contribution in [0, 0.1) is 51.8 Å². The van der Waals surface area contributed by atoms with Crippen molar-refractivity contribution in [2.24, 2.45) is 51.8 Å². The predicted molar refractivity (Wildman–Crippen MR) is 189 cm³/mol. The van der Waals surface area contributed by atoms with Crippen LogP contribution in [-0.2, 0) is 23.9 Å². The molecule has 8 atom stereocenters. The molecule has 0 radical (unpaired) electrons. The second-order valence-electron chi connectivity index (χ2n) is 17.9. The van der Waals surface area contributed by atoms with Crippen molar-refractivity contribution in [3.05, 3.63) is 11.1 Å². The van der Waals surface area contributed by atoms with E-state index in [9.17, 15) is 19.2 Å². The fraction of sp³-hybridized carbons (Fsp3) is 0.850. The van der Waals surface area contributed by atoms with E-state index < -0.39 is 11.0 Å². The van der Waals surface area contributed by atoms with E-state index in [1.165, 1.54) is 37.9 Å². The highest BCUT2D eigenvalue weighted by molar-refractivity contribution is 6.01. The van der Waals surface area contributed by atoms with Gasteiger partial charge in [-0.2, -0.15) is 0 Å². The maximum Gasteiger partial charge on any atom is 0.307 e. The molecular formula is C40H66N2O6. The van der Waals surface area contributed by atoms with Gasteiger partial charge in [0.2, 0.25) is 6.41 Å². The van der Waals surface area contributed by atoms with Gasteiger partial charge in [-0.25, -0.2) is 0 Å². The first kappa shape index (κ1) is 38.7. The van der Waals surface area contributed by atoms with E-state index in [1.54, 1.807) is 13.8 Å². The van der Waals surface area contributed by atoms with Crippen molar-refractivity contribution >= 4 is 24.4 Å². The minimum Gasteiger partial charge on any atom is -0.462 e. The molecule has 5 aliphatic carbocycles. The summed E-state index contributed by atoms with van der Waals surface area (Å²) in [6.45, 7) is 17.6. The zero-order chi connectivity index (χ0) is 35.7. The van der Waals surface area contributed by atoms with Crippen molar-refractivity contribution < 1.29 is 29.0 Å². The fourth-order valence-corrected chi connectivity index (χ4v) is 11.7. The van der Waals surface area contributed by atoms with Gasteiger partial charge in [-0.1, -0.05) is 48.5 Å². The number of esters is 1. The smallest absolute Gasteiger partial charge is 0.307 e. The zero-order valence-corrected chi connectivity index (χ0v) is 31.5. The summed E-state index contributed by atoms with van der Waals surface area (Å²) in [4.78, 5) is 51.6. The van der Waals surface area contributed by atoms with Crippen molar-refractivity contribution in [1.29, 1.82) is 0 Å². The number of ketones is 1. The first-order valence-electron chi connectivity index (χ1n) is 18.9. The Kier molecular flexibility index (Phi) is 12.1. The molecule has 48 heavy (non-hydrogen) atoms. The largest absolute Gasteiger partial charge is 0.462 e. The normalized spacial score (nSPS) is 37.0. The van der Waals surface area contributed by atoms with Gasteiger partial charge in [0.25, 0.3) is 0 Å². The topological polar surface area (TPSA) is 113 Å². The molecule has 0 aromatic carbocycles. The first-order chi connectivity index (χ1) is 22.6. The summed E-state index contributed by atoms with van der Waals surface area (Å²) in [5.41, 5.74) is 1.19. The average molecular weight is 671 g/mol. The molecule has 5 fully saturated rings. The summed E-state index contributed by atoms with van der Waals surface area (Å²) < 4.78 is 6.11. The highest BCUT2D eigenvalue weighted by atomic mass is 16.5. The molecule has 6 rings (SSSR count). The predicted octanol–water partition coefficient (Wildman–Crippen LogP) is 6.53. The SMILES string of the molecule is CC(C)C1=C2C3CCC4C(CCC5C(C)(C)C(OC(=O)CC(C)(C)C=O)CCC45C)C3CCC2(NC=O)CC1=O.CN1CCCC1.CO. The molecule has 1 saturated heterocycles. The minimum atomic E-state index is -0.700. The Balaban J connectivity index is 0.000000578. The van der Waals surface area contributed by atoms with E-state index >= 15 is 0 Å². The van der Waals surface area contributed by atoms with Crippen LogP contribution in [0.3, 0.4) is 0 Å². The molecule has 1 amide bonds. The lowest BCUT2D eigenvalue weighted by molar-refractivity contribution is -0.194. The lowest BCUT2D eigenvalue weighted by Crippen LogP contribution is -2.60. The minimum absolute atomic E-state index is 0.121. The van der Waals surface area contributed by atoms with E-state index in [-0.39, 0.29) is 41.0 Å². The van der Waals surface area contributed by atoms with E-state index in [0.717, 1.165) is 70.3 Å². The molecule has 1 heterocycles. The third-order valence-corrected chi connectivity index (χ3v) is 13.8. The van der Waals surface area contributed by atoms with Crippen molar-refractivity contribution in [3.63, 3.8) is 0 Å². The Morgan fingerprint density at radius 1 is 1.00 bits per heavy atom. The first-order valence-corrected chi connectivity index (χ1v) is 18.9. The average Bonchev–Trinajstić information content (AvgIpc) is 3.63. The summed E-state index contributed by atoms with van der Waals surface area (Å²) in [5.74, 6) is 2.85. The van der Waals surface area contributed by atoms with Gasteiger partial charge in [-0.05, 0) is 136 Å². The van der Waals surface area contributed by atoms with Crippen LogP contribution in [0.1, 0.15) is 126 Å². The van der Waals surface area contributed by atoms with E-state index in [0.29, 0.717) is 36.0 Å². The molecule has 4 saturated carbocycles. The molecule has 0 aromatic rings. The van der Waals surface area contributed by atoms with E-state index in [2.05, 4.69) is 51.9 Å². The number of amides is 1. The van der Waals surface area contributed by atoms with Gasteiger partial charge in [0.15, 0.2) is 5.78 Å². The number of hydrogen-bond acceptors (Lipinski definition) is 7. The van der Waals surface area contributed by atoms with Crippen LogP contribution in [0.5, 0.6) is 0 Å². The maximum atomic E-state index is 13.3. The number of likely N-dealkylation sites (tertiary alicyclic amines) is 1. The van der Waals surface area contributed by atoms with Gasteiger partial charge in [-0.15, -0.1) is 0 Å². The van der Waals surface area contributed by atoms with E-state index in [4.69, 9.17) is 9.84 Å². The van der Waals surface area contributed by atoms with Crippen molar-refractivity contribution in [2.45, 2.75) is 137 Å². The summed E-state index contributed by atoms with van der Waals surface area (Å²) in [5, 5.41) is 10.2. The molecule has 2 N–H and O–H groups in total. The highest BCUT2D eigenvalue weighted by Crippen LogP contribution is 2.68. The number of aldehydes is 1. The monoisotopic (exact) mass is 670 g/mol. The van der Waals surface area contributed by atoms with Crippen LogP contribution in [-0.4, -0.2) is 73.3 Å². The number of carbonyl (C=O) groups is 4. The molecule has 1 aliphatic heterocycles. The maximum absolute atomic E-state index is 13.3. The van der Waals surface area contributed by atoms with Gasteiger partial charge in [0.05, 0.1) is 12.0 Å². The number of hydrogen-bond donors (Lipinski definition) is 2. The number of aliphatic hydroxyl groups is 1.